The zero-order chi connectivity index (χ0) is 22.9. The summed E-state index contributed by atoms with van der Waals surface area (Å²) in [5.74, 6) is 0.972. The standard InChI is InChI=1S/C29H42N2S/c1-5-9-25-19-26(11-10-23(25)3)27-12-13-29-22-30(17-14-28(29)20-27)21-24(4)31(15-6-2)16-7-8-18-32/h10-13,19-20,32H,4-9,14-18,21-22H2,1-3H3. The molecular formula is C29H42N2S. The first-order valence-electron chi connectivity index (χ1n) is 12.5. The zero-order valence-corrected chi connectivity index (χ0v) is 21.4. The maximum atomic E-state index is 4.45. The maximum absolute atomic E-state index is 4.45. The highest BCUT2D eigenvalue weighted by atomic mass is 32.1. The van der Waals surface area contributed by atoms with Crippen LogP contribution in [0.4, 0.5) is 0 Å². The van der Waals surface area contributed by atoms with Crippen LogP contribution in [0.25, 0.3) is 11.1 Å². The van der Waals surface area contributed by atoms with E-state index < -0.39 is 0 Å². The van der Waals surface area contributed by atoms with Gasteiger partial charge in [-0.15, -0.1) is 0 Å². The summed E-state index contributed by atoms with van der Waals surface area (Å²) in [6.07, 6.45) is 7.03. The molecule has 2 aromatic rings. The van der Waals surface area contributed by atoms with E-state index in [-0.39, 0.29) is 0 Å². The third-order valence-corrected chi connectivity index (χ3v) is 7.00. The Hall–Kier alpha value is -1.71. The second kappa shape index (κ2) is 12.5. The van der Waals surface area contributed by atoms with Crippen LogP contribution in [0.15, 0.2) is 48.7 Å². The quantitative estimate of drug-likeness (QED) is 0.277. The third-order valence-electron chi connectivity index (χ3n) is 6.68. The highest BCUT2D eigenvalue weighted by Crippen LogP contribution is 2.28. The van der Waals surface area contributed by atoms with Gasteiger partial charge in [-0.2, -0.15) is 12.6 Å². The fourth-order valence-electron chi connectivity index (χ4n) is 4.79. The van der Waals surface area contributed by atoms with Crippen LogP contribution in [0.5, 0.6) is 0 Å². The Morgan fingerprint density at radius 3 is 2.53 bits per heavy atom. The van der Waals surface area contributed by atoms with Crippen LogP contribution in [0.2, 0.25) is 0 Å². The van der Waals surface area contributed by atoms with E-state index in [0.29, 0.717) is 0 Å². The second-order valence-corrected chi connectivity index (χ2v) is 9.77. The number of hydrogen-bond donors (Lipinski definition) is 1. The molecule has 32 heavy (non-hydrogen) atoms. The Labute approximate surface area is 202 Å². The van der Waals surface area contributed by atoms with Gasteiger partial charge in [0.05, 0.1) is 0 Å². The predicted octanol–water partition coefficient (Wildman–Crippen LogP) is 6.91. The lowest BCUT2D eigenvalue weighted by atomic mass is 9.92. The van der Waals surface area contributed by atoms with E-state index >= 15 is 0 Å². The van der Waals surface area contributed by atoms with Crippen LogP contribution in [-0.2, 0) is 19.4 Å². The summed E-state index contributed by atoms with van der Waals surface area (Å²) in [4.78, 5) is 5.06. The molecule has 0 saturated carbocycles. The lowest BCUT2D eigenvalue weighted by molar-refractivity contribution is 0.234. The molecule has 0 atom stereocenters. The lowest BCUT2D eigenvalue weighted by Gasteiger charge is -2.34. The van der Waals surface area contributed by atoms with Gasteiger partial charge >= 0.3 is 0 Å². The minimum Gasteiger partial charge on any atom is -0.374 e. The molecule has 0 unspecified atom stereocenters. The van der Waals surface area contributed by atoms with Crippen molar-refractivity contribution in [3.63, 3.8) is 0 Å². The maximum Gasteiger partial charge on any atom is 0.0381 e. The van der Waals surface area contributed by atoms with Gasteiger partial charge in [0, 0.05) is 38.4 Å². The average molecular weight is 451 g/mol. The first-order valence-corrected chi connectivity index (χ1v) is 13.2. The molecule has 3 heteroatoms. The molecule has 0 bridgehead atoms. The number of aryl methyl sites for hydroxylation is 2. The molecule has 1 aliphatic rings. The SMILES string of the molecule is C=C(CN1CCc2cc(-c3ccc(C)c(CCC)c3)ccc2C1)N(CCC)CCCCS. The number of rotatable bonds is 12. The zero-order valence-electron chi connectivity index (χ0n) is 20.5. The summed E-state index contributed by atoms with van der Waals surface area (Å²) in [5, 5.41) is 0. The summed E-state index contributed by atoms with van der Waals surface area (Å²) in [6, 6.07) is 14.1. The Morgan fingerprint density at radius 1 is 1.00 bits per heavy atom. The Bertz CT molecular complexity index is 889. The van der Waals surface area contributed by atoms with E-state index in [0.717, 1.165) is 51.3 Å². The molecule has 0 saturated heterocycles. The largest absolute Gasteiger partial charge is 0.374 e. The molecule has 0 fully saturated rings. The smallest absolute Gasteiger partial charge is 0.0381 e. The van der Waals surface area contributed by atoms with Crippen LogP contribution in [0.1, 0.15) is 61.8 Å². The number of unbranched alkanes of at least 4 members (excludes halogenated alkanes) is 1. The topological polar surface area (TPSA) is 6.48 Å². The van der Waals surface area contributed by atoms with E-state index in [1.54, 1.807) is 0 Å². The normalized spacial score (nSPS) is 13.8. The lowest BCUT2D eigenvalue weighted by Crippen LogP contribution is -2.37. The van der Waals surface area contributed by atoms with Crippen molar-refractivity contribution in [3.8, 4) is 11.1 Å². The van der Waals surface area contributed by atoms with Gasteiger partial charge in [-0.1, -0.05) is 63.2 Å². The van der Waals surface area contributed by atoms with Crippen LogP contribution in [0.3, 0.4) is 0 Å². The molecule has 3 rings (SSSR count). The molecule has 0 radical (unpaired) electrons. The number of thiol groups is 1. The Morgan fingerprint density at radius 2 is 1.78 bits per heavy atom. The van der Waals surface area contributed by atoms with E-state index in [9.17, 15) is 0 Å². The van der Waals surface area contributed by atoms with E-state index in [1.165, 1.54) is 64.8 Å². The Balaban J connectivity index is 1.65. The monoisotopic (exact) mass is 450 g/mol. The van der Waals surface area contributed by atoms with E-state index in [1.807, 2.05) is 0 Å². The summed E-state index contributed by atoms with van der Waals surface area (Å²) in [7, 11) is 0. The summed E-state index contributed by atoms with van der Waals surface area (Å²) in [6.45, 7) is 16.5. The van der Waals surface area contributed by atoms with Gasteiger partial charge in [0.1, 0.15) is 0 Å². The van der Waals surface area contributed by atoms with Crippen LogP contribution in [0, 0.1) is 6.92 Å². The average Bonchev–Trinajstić information content (AvgIpc) is 2.80. The summed E-state index contributed by atoms with van der Waals surface area (Å²) < 4.78 is 0. The van der Waals surface area contributed by atoms with Gasteiger partial charge in [0.15, 0.2) is 0 Å². The van der Waals surface area contributed by atoms with Gasteiger partial charge in [-0.25, -0.2) is 0 Å². The number of benzene rings is 2. The predicted molar refractivity (Wildman–Crippen MR) is 144 cm³/mol. The van der Waals surface area contributed by atoms with Crippen LogP contribution < -0.4 is 0 Å². The van der Waals surface area contributed by atoms with Crippen molar-refractivity contribution in [2.24, 2.45) is 0 Å². The first kappa shape index (κ1) is 24.9. The van der Waals surface area contributed by atoms with E-state index in [2.05, 4.69) is 86.2 Å². The van der Waals surface area contributed by atoms with Crippen molar-refractivity contribution in [1.82, 2.24) is 9.80 Å². The molecule has 0 amide bonds. The van der Waals surface area contributed by atoms with Gasteiger partial charge in [-0.3, -0.25) is 4.90 Å². The fraction of sp³-hybridized carbons (Fsp3) is 0.517. The minimum absolute atomic E-state index is 0.972. The van der Waals surface area contributed by atoms with Crippen molar-refractivity contribution in [3.05, 3.63) is 70.9 Å². The van der Waals surface area contributed by atoms with Crippen molar-refractivity contribution >= 4 is 12.6 Å². The number of fused-ring (bicyclic) bond motifs is 1. The molecule has 1 aliphatic heterocycles. The summed E-state index contributed by atoms with van der Waals surface area (Å²) in [5.41, 5.74) is 9.87. The number of hydrogen-bond acceptors (Lipinski definition) is 3. The summed E-state index contributed by atoms with van der Waals surface area (Å²) >= 11 is 4.36. The molecular weight excluding hydrogens is 408 g/mol. The van der Waals surface area contributed by atoms with Gasteiger partial charge in [-0.05, 0) is 78.2 Å². The van der Waals surface area contributed by atoms with Gasteiger partial charge in [0.25, 0.3) is 0 Å². The van der Waals surface area contributed by atoms with Crippen LogP contribution in [-0.4, -0.2) is 41.7 Å². The first-order chi connectivity index (χ1) is 15.5. The van der Waals surface area contributed by atoms with Gasteiger partial charge in [0.2, 0.25) is 0 Å². The fourth-order valence-corrected chi connectivity index (χ4v) is 5.01. The van der Waals surface area contributed by atoms with Crippen molar-refractivity contribution in [2.75, 3.05) is 31.9 Å². The molecule has 0 N–H and O–H groups in total. The van der Waals surface area contributed by atoms with E-state index in [4.69, 9.17) is 0 Å². The highest BCUT2D eigenvalue weighted by molar-refractivity contribution is 7.80. The molecule has 2 nitrogen and oxygen atoms in total. The third kappa shape index (κ3) is 6.65. The van der Waals surface area contributed by atoms with Crippen molar-refractivity contribution in [2.45, 2.75) is 65.8 Å². The van der Waals surface area contributed by atoms with Crippen LogP contribution >= 0.6 is 12.6 Å². The minimum atomic E-state index is 0.972. The molecule has 174 valence electrons. The number of nitrogens with zero attached hydrogens (tertiary/aromatic N) is 2. The molecule has 2 aromatic carbocycles. The molecule has 0 spiro atoms. The molecule has 0 aliphatic carbocycles. The highest BCUT2D eigenvalue weighted by Gasteiger charge is 2.19. The van der Waals surface area contributed by atoms with Gasteiger partial charge < -0.3 is 4.90 Å². The molecule has 0 aromatic heterocycles. The van der Waals surface area contributed by atoms with Crippen molar-refractivity contribution in [1.29, 1.82) is 0 Å². The Kier molecular flexibility index (Phi) is 9.74. The van der Waals surface area contributed by atoms with Crippen molar-refractivity contribution < 1.29 is 0 Å². The second-order valence-electron chi connectivity index (χ2n) is 9.32. The molecule has 1 heterocycles.